The highest BCUT2D eigenvalue weighted by molar-refractivity contribution is 5.85. The lowest BCUT2D eigenvalue weighted by atomic mass is 9.74. The van der Waals surface area contributed by atoms with E-state index >= 15 is 0 Å². The molecule has 0 atom stereocenters. The summed E-state index contributed by atoms with van der Waals surface area (Å²) in [7, 11) is 0. The van der Waals surface area contributed by atoms with Crippen LogP contribution in [-0.4, -0.2) is 12.5 Å². The summed E-state index contributed by atoms with van der Waals surface area (Å²) in [5, 5.41) is 12.5. The van der Waals surface area contributed by atoms with Crippen molar-refractivity contribution in [3.8, 4) is 6.07 Å². The highest BCUT2D eigenvalue weighted by Gasteiger charge is 2.40. The average Bonchev–Trinajstić information content (AvgIpc) is 2.45. The molecule has 1 N–H and O–H groups in total. The van der Waals surface area contributed by atoms with Gasteiger partial charge in [0.2, 0.25) is 5.91 Å². The highest BCUT2D eigenvalue weighted by atomic mass is 16.2. The molecule has 0 heterocycles. The van der Waals surface area contributed by atoms with E-state index in [1.165, 1.54) is 19.3 Å². The fourth-order valence-electron chi connectivity index (χ4n) is 2.98. The van der Waals surface area contributed by atoms with Crippen LogP contribution < -0.4 is 5.32 Å². The molecular formula is C17H30N2O. The quantitative estimate of drug-likeness (QED) is 0.710. The van der Waals surface area contributed by atoms with Crippen molar-refractivity contribution in [2.24, 2.45) is 10.8 Å². The maximum atomic E-state index is 12.4. The zero-order chi connectivity index (χ0) is 15.1. The lowest BCUT2D eigenvalue weighted by Crippen LogP contribution is -2.44. The molecule has 114 valence electrons. The highest BCUT2D eigenvalue weighted by Crippen LogP contribution is 2.36. The fourth-order valence-corrected chi connectivity index (χ4v) is 2.98. The van der Waals surface area contributed by atoms with Crippen molar-refractivity contribution in [3.63, 3.8) is 0 Å². The number of rotatable bonds is 7. The standard InChI is InChI=1S/C17H30N2O/c1-4-5-7-10-16(2,3)14-19-15(20)17(13-18)11-8-6-9-12-17/h4-12,14H2,1-3H3,(H,19,20). The molecule has 0 aliphatic heterocycles. The van der Waals surface area contributed by atoms with Gasteiger partial charge in [0.15, 0.2) is 0 Å². The SMILES string of the molecule is CCCCCC(C)(C)CNC(=O)C1(C#N)CCCCC1. The molecule has 0 aromatic heterocycles. The molecule has 0 radical (unpaired) electrons. The molecule has 0 aromatic rings. The summed E-state index contributed by atoms with van der Waals surface area (Å²) < 4.78 is 0. The Morgan fingerprint density at radius 3 is 2.45 bits per heavy atom. The van der Waals surface area contributed by atoms with Crippen molar-refractivity contribution in [3.05, 3.63) is 0 Å². The van der Waals surface area contributed by atoms with Gasteiger partial charge in [-0.2, -0.15) is 5.26 Å². The first kappa shape index (κ1) is 17.0. The number of hydrogen-bond donors (Lipinski definition) is 1. The molecule has 1 aliphatic carbocycles. The molecule has 3 heteroatoms. The van der Waals surface area contributed by atoms with Crippen LogP contribution in [0.4, 0.5) is 0 Å². The van der Waals surface area contributed by atoms with Crippen LogP contribution in [0, 0.1) is 22.2 Å². The smallest absolute Gasteiger partial charge is 0.240 e. The van der Waals surface area contributed by atoms with E-state index in [0.717, 1.165) is 38.5 Å². The summed E-state index contributed by atoms with van der Waals surface area (Å²) in [4.78, 5) is 12.4. The van der Waals surface area contributed by atoms with Crippen LogP contribution in [0.5, 0.6) is 0 Å². The van der Waals surface area contributed by atoms with Crippen molar-refractivity contribution < 1.29 is 4.79 Å². The molecule has 0 unspecified atom stereocenters. The van der Waals surface area contributed by atoms with E-state index in [1.54, 1.807) is 0 Å². The van der Waals surface area contributed by atoms with Crippen LogP contribution in [0.15, 0.2) is 0 Å². The van der Waals surface area contributed by atoms with Gasteiger partial charge >= 0.3 is 0 Å². The monoisotopic (exact) mass is 278 g/mol. The molecule has 0 bridgehead atoms. The van der Waals surface area contributed by atoms with Gasteiger partial charge in [0.25, 0.3) is 0 Å². The Hall–Kier alpha value is -1.04. The summed E-state index contributed by atoms with van der Waals surface area (Å²) in [6.07, 6.45) is 9.42. The Bertz CT molecular complexity index is 348. The predicted molar refractivity (Wildman–Crippen MR) is 82.1 cm³/mol. The lowest BCUT2D eigenvalue weighted by molar-refractivity contribution is -0.130. The normalized spacial score (nSPS) is 18.3. The van der Waals surface area contributed by atoms with E-state index in [-0.39, 0.29) is 11.3 Å². The Morgan fingerprint density at radius 2 is 1.90 bits per heavy atom. The van der Waals surface area contributed by atoms with Crippen LogP contribution in [0.1, 0.15) is 78.6 Å². The van der Waals surface area contributed by atoms with Crippen LogP contribution >= 0.6 is 0 Å². The second-order valence-corrected chi connectivity index (χ2v) is 7.06. The third-order valence-electron chi connectivity index (χ3n) is 4.54. The molecule has 1 fully saturated rings. The van der Waals surface area contributed by atoms with Gasteiger partial charge in [-0.1, -0.05) is 59.3 Å². The minimum atomic E-state index is -0.752. The van der Waals surface area contributed by atoms with Crippen LogP contribution in [0.3, 0.4) is 0 Å². The first-order valence-corrected chi connectivity index (χ1v) is 8.15. The second kappa shape index (κ2) is 7.67. The third kappa shape index (κ3) is 4.81. The lowest BCUT2D eigenvalue weighted by Gasteiger charge is -2.32. The minimum Gasteiger partial charge on any atom is -0.354 e. The van der Waals surface area contributed by atoms with E-state index in [4.69, 9.17) is 0 Å². The van der Waals surface area contributed by atoms with Gasteiger partial charge < -0.3 is 5.32 Å². The fraction of sp³-hybridized carbons (Fsp3) is 0.882. The molecule has 0 aromatic carbocycles. The maximum absolute atomic E-state index is 12.4. The molecule has 0 spiro atoms. The molecular weight excluding hydrogens is 248 g/mol. The van der Waals surface area contributed by atoms with Crippen molar-refractivity contribution in [1.29, 1.82) is 5.26 Å². The predicted octanol–water partition coefficient (Wildman–Crippen LogP) is 4.18. The molecule has 20 heavy (non-hydrogen) atoms. The van der Waals surface area contributed by atoms with E-state index in [9.17, 15) is 10.1 Å². The number of amides is 1. The van der Waals surface area contributed by atoms with Gasteiger partial charge in [0.05, 0.1) is 6.07 Å². The molecule has 1 rings (SSSR count). The number of unbranched alkanes of at least 4 members (excludes halogenated alkanes) is 2. The Morgan fingerprint density at radius 1 is 1.25 bits per heavy atom. The second-order valence-electron chi connectivity index (χ2n) is 7.06. The minimum absolute atomic E-state index is 0.0386. The number of nitriles is 1. The molecule has 1 saturated carbocycles. The summed E-state index contributed by atoms with van der Waals surface area (Å²) >= 11 is 0. The van der Waals surface area contributed by atoms with Crippen molar-refractivity contribution in [2.75, 3.05) is 6.54 Å². The van der Waals surface area contributed by atoms with Crippen LogP contribution in [0.2, 0.25) is 0 Å². The van der Waals surface area contributed by atoms with E-state index < -0.39 is 5.41 Å². The summed E-state index contributed by atoms with van der Waals surface area (Å²) in [6, 6.07) is 2.29. The first-order chi connectivity index (χ1) is 9.46. The molecule has 3 nitrogen and oxygen atoms in total. The van der Waals surface area contributed by atoms with Crippen molar-refractivity contribution in [2.45, 2.75) is 78.6 Å². The van der Waals surface area contributed by atoms with Gasteiger partial charge in [0, 0.05) is 6.54 Å². The number of nitrogens with one attached hydrogen (secondary N) is 1. The first-order valence-electron chi connectivity index (χ1n) is 8.15. The largest absolute Gasteiger partial charge is 0.354 e. The summed E-state index contributed by atoms with van der Waals surface area (Å²) in [5.41, 5.74) is -0.631. The van der Waals surface area contributed by atoms with Gasteiger partial charge in [-0.15, -0.1) is 0 Å². The van der Waals surface area contributed by atoms with E-state index in [1.807, 2.05) is 0 Å². The van der Waals surface area contributed by atoms with E-state index in [2.05, 4.69) is 32.2 Å². The molecule has 1 aliphatic rings. The van der Waals surface area contributed by atoms with Gasteiger partial charge in [-0.05, 0) is 24.7 Å². The Kier molecular flexibility index (Phi) is 6.52. The summed E-state index contributed by atoms with van der Waals surface area (Å²) in [6.45, 7) is 7.28. The number of carbonyl (C=O) groups is 1. The number of carbonyl (C=O) groups excluding carboxylic acids is 1. The van der Waals surface area contributed by atoms with Crippen LogP contribution in [0.25, 0.3) is 0 Å². The zero-order valence-electron chi connectivity index (χ0n) is 13.4. The maximum Gasteiger partial charge on any atom is 0.240 e. The van der Waals surface area contributed by atoms with Gasteiger partial charge in [-0.25, -0.2) is 0 Å². The van der Waals surface area contributed by atoms with Crippen LogP contribution in [-0.2, 0) is 4.79 Å². The summed E-state index contributed by atoms with van der Waals surface area (Å²) in [5.74, 6) is -0.0386. The topological polar surface area (TPSA) is 52.9 Å². The molecule has 1 amide bonds. The van der Waals surface area contributed by atoms with E-state index in [0.29, 0.717) is 6.54 Å². The zero-order valence-corrected chi connectivity index (χ0v) is 13.4. The van der Waals surface area contributed by atoms with Gasteiger partial charge in [0.1, 0.15) is 5.41 Å². The Labute approximate surface area is 124 Å². The molecule has 0 saturated heterocycles. The van der Waals surface area contributed by atoms with Gasteiger partial charge in [-0.3, -0.25) is 4.79 Å². The number of hydrogen-bond acceptors (Lipinski definition) is 2. The Balaban J connectivity index is 2.47. The number of nitrogens with zero attached hydrogens (tertiary/aromatic N) is 1. The van der Waals surface area contributed by atoms with Crippen molar-refractivity contribution in [1.82, 2.24) is 5.32 Å². The van der Waals surface area contributed by atoms with Crippen molar-refractivity contribution >= 4 is 5.91 Å². The average molecular weight is 278 g/mol. The third-order valence-corrected chi connectivity index (χ3v) is 4.54.